The number of hydrogen-bond donors (Lipinski definition) is 2. The molecule has 6 nitrogen and oxygen atoms in total. The van der Waals surface area contributed by atoms with E-state index in [-0.39, 0.29) is 11.9 Å². The molecule has 0 bridgehead atoms. The Labute approximate surface area is 162 Å². The van der Waals surface area contributed by atoms with Crippen LogP contribution in [0.25, 0.3) is 6.08 Å². The summed E-state index contributed by atoms with van der Waals surface area (Å²) in [4.78, 5) is 29.4. The number of carbonyl (C=O) groups is 2. The van der Waals surface area contributed by atoms with Crippen molar-refractivity contribution < 1.29 is 14.7 Å². The fraction of sp³-hybridized carbons (Fsp3) is 0.250. The number of halogens is 1. The molecular weight excluding hydrogens is 366 g/mol. The van der Waals surface area contributed by atoms with Crippen molar-refractivity contribution in [3.05, 3.63) is 64.8 Å². The lowest BCUT2D eigenvalue weighted by molar-refractivity contribution is -0.131. The maximum Gasteiger partial charge on any atom is 0.328 e. The van der Waals surface area contributed by atoms with E-state index in [9.17, 15) is 9.59 Å². The Bertz CT molecular complexity index is 835. The Morgan fingerprint density at radius 3 is 2.67 bits per heavy atom. The summed E-state index contributed by atoms with van der Waals surface area (Å²) in [7, 11) is 0. The van der Waals surface area contributed by atoms with Crippen molar-refractivity contribution in [2.75, 3.05) is 18.4 Å². The molecule has 1 fully saturated rings. The number of piperidine rings is 1. The second-order valence-electron chi connectivity index (χ2n) is 6.39. The number of pyridine rings is 1. The normalized spacial score (nSPS) is 17.1. The summed E-state index contributed by atoms with van der Waals surface area (Å²) >= 11 is 5.89. The van der Waals surface area contributed by atoms with E-state index in [0.717, 1.165) is 25.5 Å². The molecule has 1 aromatic heterocycles. The number of rotatable bonds is 5. The third kappa shape index (κ3) is 5.31. The van der Waals surface area contributed by atoms with Gasteiger partial charge in [-0.3, -0.25) is 4.79 Å². The molecule has 0 spiro atoms. The Kier molecular flexibility index (Phi) is 6.08. The molecule has 0 saturated carbocycles. The van der Waals surface area contributed by atoms with Crippen LogP contribution >= 0.6 is 11.6 Å². The zero-order chi connectivity index (χ0) is 19.2. The van der Waals surface area contributed by atoms with Gasteiger partial charge in [-0.2, -0.15) is 0 Å². The minimum atomic E-state index is -0.996. The van der Waals surface area contributed by atoms with Gasteiger partial charge in [0, 0.05) is 42.0 Å². The molecule has 0 unspecified atom stereocenters. The molecule has 0 radical (unpaired) electrons. The molecular formula is C20H20ClN3O3. The summed E-state index contributed by atoms with van der Waals surface area (Å²) in [6.07, 6.45) is 6.04. The van der Waals surface area contributed by atoms with Crippen molar-refractivity contribution in [1.82, 2.24) is 9.88 Å². The van der Waals surface area contributed by atoms with Crippen molar-refractivity contribution in [3.63, 3.8) is 0 Å². The zero-order valence-electron chi connectivity index (χ0n) is 14.6. The quantitative estimate of drug-likeness (QED) is 0.769. The number of anilines is 1. The third-order valence-corrected chi connectivity index (χ3v) is 4.61. The van der Waals surface area contributed by atoms with Crippen molar-refractivity contribution >= 4 is 35.4 Å². The lowest BCUT2D eigenvalue weighted by Gasteiger charge is -2.33. The van der Waals surface area contributed by atoms with Crippen LogP contribution in [0.3, 0.4) is 0 Å². The summed E-state index contributed by atoms with van der Waals surface area (Å²) < 4.78 is 0. The van der Waals surface area contributed by atoms with Gasteiger partial charge in [0.1, 0.15) is 5.82 Å². The highest BCUT2D eigenvalue weighted by atomic mass is 35.5. The highest BCUT2D eigenvalue weighted by Crippen LogP contribution is 2.18. The van der Waals surface area contributed by atoms with Crippen LogP contribution in [0.5, 0.6) is 0 Å². The molecule has 2 aromatic rings. The van der Waals surface area contributed by atoms with E-state index in [0.29, 0.717) is 28.5 Å². The number of carbonyl (C=O) groups excluding carboxylic acids is 1. The van der Waals surface area contributed by atoms with Gasteiger partial charge in [-0.25, -0.2) is 9.78 Å². The molecule has 1 aliphatic heterocycles. The number of likely N-dealkylation sites (tertiary alicyclic amines) is 1. The number of amides is 1. The SMILES string of the molecule is O=C(O)C=Cc1ccc(N[C@@H]2CCCN(C(=O)c3ccc(Cl)cc3)C2)nc1. The lowest BCUT2D eigenvalue weighted by Crippen LogP contribution is -2.45. The largest absolute Gasteiger partial charge is 0.478 e. The summed E-state index contributed by atoms with van der Waals surface area (Å²) in [5, 5.41) is 12.6. The monoisotopic (exact) mass is 385 g/mol. The molecule has 1 saturated heterocycles. The van der Waals surface area contributed by atoms with E-state index in [4.69, 9.17) is 16.7 Å². The first-order valence-corrected chi connectivity index (χ1v) is 9.07. The van der Waals surface area contributed by atoms with Gasteiger partial charge in [-0.15, -0.1) is 0 Å². The van der Waals surface area contributed by atoms with Gasteiger partial charge in [-0.05, 0) is 60.9 Å². The van der Waals surface area contributed by atoms with Gasteiger partial charge in [-0.1, -0.05) is 11.6 Å². The molecule has 27 heavy (non-hydrogen) atoms. The van der Waals surface area contributed by atoms with E-state index in [1.54, 1.807) is 36.5 Å². The molecule has 1 amide bonds. The van der Waals surface area contributed by atoms with Crippen LogP contribution in [0, 0.1) is 0 Å². The second-order valence-corrected chi connectivity index (χ2v) is 6.83. The molecule has 140 valence electrons. The molecule has 2 heterocycles. The average molecular weight is 386 g/mol. The van der Waals surface area contributed by atoms with Crippen LogP contribution in [0.1, 0.15) is 28.8 Å². The maximum absolute atomic E-state index is 12.7. The van der Waals surface area contributed by atoms with Gasteiger partial charge >= 0.3 is 5.97 Å². The highest BCUT2D eigenvalue weighted by molar-refractivity contribution is 6.30. The number of aliphatic carboxylic acids is 1. The number of benzene rings is 1. The number of nitrogens with one attached hydrogen (secondary N) is 1. The lowest BCUT2D eigenvalue weighted by atomic mass is 10.0. The van der Waals surface area contributed by atoms with Crippen LogP contribution in [0.15, 0.2) is 48.7 Å². The molecule has 1 aliphatic rings. The molecule has 2 N–H and O–H groups in total. The first-order chi connectivity index (χ1) is 13.0. The Hall–Kier alpha value is -2.86. The fourth-order valence-electron chi connectivity index (χ4n) is 3.02. The van der Waals surface area contributed by atoms with E-state index in [1.807, 2.05) is 11.0 Å². The van der Waals surface area contributed by atoms with E-state index < -0.39 is 5.97 Å². The minimum Gasteiger partial charge on any atom is -0.478 e. The van der Waals surface area contributed by atoms with Crippen molar-refractivity contribution in [2.45, 2.75) is 18.9 Å². The van der Waals surface area contributed by atoms with Gasteiger partial charge in [0.2, 0.25) is 0 Å². The minimum absolute atomic E-state index is 0.000261. The third-order valence-electron chi connectivity index (χ3n) is 4.36. The molecule has 0 aliphatic carbocycles. The van der Waals surface area contributed by atoms with Gasteiger partial charge in [0.05, 0.1) is 0 Å². The number of aromatic nitrogens is 1. The van der Waals surface area contributed by atoms with Crippen LogP contribution in [-0.4, -0.2) is 46.0 Å². The summed E-state index contributed by atoms with van der Waals surface area (Å²) in [5.41, 5.74) is 1.35. The Morgan fingerprint density at radius 2 is 2.00 bits per heavy atom. The van der Waals surface area contributed by atoms with E-state index in [2.05, 4.69) is 10.3 Å². The predicted octanol–water partition coefficient (Wildman–Crippen LogP) is 3.55. The number of hydrogen-bond acceptors (Lipinski definition) is 4. The standard InChI is InChI=1S/C20H20ClN3O3/c21-16-7-5-15(6-8-16)20(27)24-11-1-2-17(13-24)23-18-9-3-14(12-22-18)4-10-19(25)26/h3-10,12,17H,1-2,11,13H2,(H,22,23)(H,25,26)/t17-/m1/s1. The Morgan fingerprint density at radius 1 is 1.22 bits per heavy atom. The molecule has 7 heteroatoms. The van der Waals surface area contributed by atoms with Gasteiger partial charge in [0.25, 0.3) is 5.91 Å². The van der Waals surface area contributed by atoms with Crippen LogP contribution < -0.4 is 5.32 Å². The highest BCUT2D eigenvalue weighted by Gasteiger charge is 2.24. The first-order valence-electron chi connectivity index (χ1n) is 8.70. The fourth-order valence-corrected chi connectivity index (χ4v) is 3.15. The van der Waals surface area contributed by atoms with Gasteiger partial charge in [0.15, 0.2) is 0 Å². The number of carboxylic acids is 1. The maximum atomic E-state index is 12.7. The van der Waals surface area contributed by atoms with Crippen molar-refractivity contribution in [2.24, 2.45) is 0 Å². The molecule has 3 rings (SSSR count). The number of nitrogens with zero attached hydrogens (tertiary/aromatic N) is 2. The van der Waals surface area contributed by atoms with Crippen LogP contribution in [-0.2, 0) is 4.79 Å². The summed E-state index contributed by atoms with van der Waals surface area (Å²) in [5.74, 6) is -0.293. The average Bonchev–Trinajstić information content (AvgIpc) is 2.68. The first kappa shape index (κ1) is 18.9. The van der Waals surface area contributed by atoms with Crippen molar-refractivity contribution in [1.29, 1.82) is 0 Å². The molecule has 1 atom stereocenters. The van der Waals surface area contributed by atoms with Crippen molar-refractivity contribution in [3.8, 4) is 0 Å². The second kappa shape index (κ2) is 8.68. The predicted molar refractivity (Wildman–Crippen MR) is 105 cm³/mol. The smallest absolute Gasteiger partial charge is 0.328 e. The summed E-state index contributed by atoms with van der Waals surface area (Å²) in [6.45, 7) is 1.33. The van der Waals surface area contributed by atoms with E-state index >= 15 is 0 Å². The van der Waals surface area contributed by atoms with Crippen LogP contribution in [0.4, 0.5) is 5.82 Å². The van der Waals surface area contributed by atoms with Gasteiger partial charge < -0.3 is 15.3 Å². The van der Waals surface area contributed by atoms with E-state index in [1.165, 1.54) is 6.08 Å². The number of carboxylic acid groups (broad SMARTS) is 1. The summed E-state index contributed by atoms with van der Waals surface area (Å²) in [6, 6.07) is 10.6. The van der Waals surface area contributed by atoms with Crippen LogP contribution in [0.2, 0.25) is 5.02 Å². The molecule has 1 aromatic carbocycles. The topological polar surface area (TPSA) is 82.5 Å². The Balaban J connectivity index is 1.60. The zero-order valence-corrected chi connectivity index (χ0v) is 15.4.